The summed E-state index contributed by atoms with van der Waals surface area (Å²) in [6.45, 7) is 1.67. The van der Waals surface area contributed by atoms with Gasteiger partial charge in [0.2, 0.25) is 0 Å². The molecule has 0 aromatic carbocycles. The molecule has 0 aliphatic carbocycles. The van der Waals surface area contributed by atoms with Crippen LogP contribution in [0.25, 0.3) is 0 Å². The van der Waals surface area contributed by atoms with Gasteiger partial charge >= 0.3 is 0 Å². The summed E-state index contributed by atoms with van der Waals surface area (Å²) >= 11 is 1.99. The summed E-state index contributed by atoms with van der Waals surface area (Å²) in [6.07, 6.45) is 0.297. The van der Waals surface area contributed by atoms with Crippen molar-refractivity contribution in [1.29, 1.82) is 0 Å². The molecule has 2 nitrogen and oxygen atoms in total. The third-order valence-electron chi connectivity index (χ3n) is 0.829. The van der Waals surface area contributed by atoms with E-state index in [9.17, 15) is 8.78 Å². The van der Waals surface area contributed by atoms with Crippen LogP contribution in [0, 0.1) is 0 Å². The van der Waals surface area contributed by atoms with Gasteiger partial charge < -0.3 is 0 Å². The van der Waals surface area contributed by atoms with Crippen LogP contribution in [0.5, 0.6) is 0 Å². The van der Waals surface area contributed by atoms with E-state index in [1.807, 2.05) is 22.6 Å². The van der Waals surface area contributed by atoms with Crippen molar-refractivity contribution < 1.29 is 8.78 Å². The maximum Gasteiger partial charge on any atom is 0.282 e. The van der Waals surface area contributed by atoms with Gasteiger partial charge in [-0.2, -0.15) is 5.10 Å². The zero-order valence-corrected chi connectivity index (χ0v) is 8.18. The lowest BCUT2D eigenvalue weighted by Gasteiger charge is -1.98. The molecule has 0 bridgehead atoms. The number of allylic oxidation sites excluding steroid dienone is 2. The summed E-state index contributed by atoms with van der Waals surface area (Å²) in [5.41, 5.74) is 2.23. The van der Waals surface area contributed by atoms with Crippen LogP contribution in [0.4, 0.5) is 8.78 Å². The molecule has 0 aliphatic rings. The van der Waals surface area contributed by atoms with Crippen LogP contribution < -0.4 is 5.43 Å². The smallest absolute Gasteiger partial charge is 0.282 e. The molecular weight excluding hydrogens is 265 g/mol. The Hall–Kier alpha value is -0.200. The molecule has 11 heavy (non-hydrogen) atoms. The quantitative estimate of drug-likeness (QED) is 0.274. The molecule has 0 atom stereocenters. The molecule has 0 radical (unpaired) electrons. The molecule has 0 saturated heterocycles. The maximum absolute atomic E-state index is 12.0. The van der Waals surface area contributed by atoms with E-state index in [0.29, 0.717) is 4.55 Å². The Morgan fingerprint density at radius 2 is 2.36 bits per heavy atom. The Labute approximate surface area is 77.9 Å². The van der Waals surface area contributed by atoms with E-state index in [-0.39, 0.29) is 5.71 Å². The fraction of sp³-hybridized carbons (Fsp3) is 0.500. The van der Waals surface area contributed by atoms with E-state index in [0.717, 1.165) is 0 Å². The standard InChI is InChI=1S/C6H9F2IN2/c1-2-3-5(6(7)8)11-10-4-9/h2-3,6,10H,4H2,1H3/b3-2-,11-5+. The zero-order valence-electron chi connectivity index (χ0n) is 6.02. The topological polar surface area (TPSA) is 24.4 Å². The Morgan fingerprint density at radius 1 is 1.73 bits per heavy atom. The van der Waals surface area contributed by atoms with Gasteiger partial charge in [0.25, 0.3) is 6.43 Å². The Morgan fingerprint density at radius 3 is 2.73 bits per heavy atom. The number of hydrazone groups is 1. The fourth-order valence-corrected chi connectivity index (χ4v) is 0.621. The average Bonchev–Trinajstić information content (AvgIpc) is 1.97. The fourth-order valence-electron chi connectivity index (χ4n) is 0.451. The summed E-state index contributed by atoms with van der Waals surface area (Å²) in [5, 5.41) is 3.45. The van der Waals surface area contributed by atoms with E-state index in [2.05, 4.69) is 10.5 Å². The van der Waals surface area contributed by atoms with Crippen molar-refractivity contribution in [3.63, 3.8) is 0 Å². The molecule has 0 aliphatic heterocycles. The highest BCUT2D eigenvalue weighted by molar-refractivity contribution is 14.1. The molecule has 0 heterocycles. The molecule has 0 aromatic rings. The second-order valence-electron chi connectivity index (χ2n) is 1.63. The molecule has 0 amide bonds. The van der Waals surface area contributed by atoms with Crippen molar-refractivity contribution in [2.45, 2.75) is 13.3 Å². The lowest BCUT2D eigenvalue weighted by atomic mass is 10.3. The molecule has 0 spiro atoms. The average molecular weight is 274 g/mol. The van der Waals surface area contributed by atoms with Gasteiger partial charge in [-0.1, -0.05) is 28.7 Å². The van der Waals surface area contributed by atoms with Gasteiger partial charge in [0.05, 0.1) is 4.55 Å². The summed E-state index contributed by atoms with van der Waals surface area (Å²) in [7, 11) is 0. The third-order valence-corrected chi connectivity index (χ3v) is 1.17. The minimum atomic E-state index is -2.51. The first-order valence-electron chi connectivity index (χ1n) is 2.99. The van der Waals surface area contributed by atoms with Gasteiger partial charge in [0.1, 0.15) is 5.71 Å². The van der Waals surface area contributed by atoms with Gasteiger partial charge in [-0.15, -0.1) is 0 Å². The highest BCUT2D eigenvalue weighted by atomic mass is 127. The van der Waals surface area contributed by atoms with Crippen LogP contribution in [0.15, 0.2) is 17.3 Å². The Kier molecular flexibility index (Phi) is 6.39. The molecular formula is C6H9F2IN2. The van der Waals surface area contributed by atoms with Crippen molar-refractivity contribution in [3.8, 4) is 0 Å². The van der Waals surface area contributed by atoms with Crippen LogP contribution >= 0.6 is 22.6 Å². The largest absolute Gasteiger partial charge is 0.300 e. The van der Waals surface area contributed by atoms with Crippen molar-refractivity contribution in [2.24, 2.45) is 5.10 Å². The number of nitrogens with zero attached hydrogens (tertiary/aromatic N) is 1. The number of alkyl halides is 3. The predicted molar refractivity (Wildman–Crippen MR) is 50.3 cm³/mol. The first-order valence-corrected chi connectivity index (χ1v) is 4.52. The SMILES string of the molecule is C/C=C\C(=N/NCI)C(F)F. The van der Waals surface area contributed by atoms with Crippen molar-refractivity contribution in [2.75, 3.05) is 4.55 Å². The van der Waals surface area contributed by atoms with Gasteiger partial charge in [-0.25, -0.2) is 8.78 Å². The van der Waals surface area contributed by atoms with Crippen LogP contribution in [0.1, 0.15) is 6.92 Å². The number of hydrogen-bond donors (Lipinski definition) is 1. The monoisotopic (exact) mass is 274 g/mol. The summed E-state index contributed by atoms with van der Waals surface area (Å²) in [6, 6.07) is 0. The minimum absolute atomic E-state index is 0.232. The van der Waals surface area contributed by atoms with E-state index >= 15 is 0 Å². The number of hydrogen-bond acceptors (Lipinski definition) is 2. The lowest BCUT2D eigenvalue weighted by Crippen LogP contribution is -2.13. The van der Waals surface area contributed by atoms with E-state index in [1.165, 1.54) is 12.2 Å². The summed E-state index contributed by atoms with van der Waals surface area (Å²) < 4.78 is 24.5. The normalized spacial score (nSPS) is 13.0. The lowest BCUT2D eigenvalue weighted by molar-refractivity contribution is 0.226. The first kappa shape index (κ1) is 10.8. The second-order valence-corrected chi connectivity index (χ2v) is 2.39. The minimum Gasteiger partial charge on any atom is -0.300 e. The number of halogens is 3. The van der Waals surface area contributed by atoms with Gasteiger partial charge in [-0.05, 0) is 13.0 Å². The zero-order chi connectivity index (χ0) is 8.69. The molecule has 0 rings (SSSR count). The molecule has 0 saturated carbocycles. The van der Waals surface area contributed by atoms with Crippen molar-refractivity contribution in [1.82, 2.24) is 5.43 Å². The van der Waals surface area contributed by atoms with Gasteiger partial charge in [0, 0.05) is 0 Å². The molecule has 1 N–H and O–H groups in total. The van der Waals surface area contributed by atoms with E-state index in [1.54, 1.807) is 6.92 Å². The van der Waals surface area contributed by atoms with Gasteiger partial charge in [0.15, 0.2) is 0 Å². The molecule has 0 fully saturated rings. The summed E-state index contributed by atoms with van der Waals surface area (Å²) in [4.78, 5) is 0. The van der Waals surface area contributed by atoms with E-state index < -0.39 is 6.43 Å². The highest BCUT2D eigenvalue weighted by Gasteiger charge is 2.08. The predicted octanol–water partition coefficient (Wildman–Crippen LogP) is 2.17. The first-order chi connectivity index (χ1) is 5.22. The van der Waals surface area contributed by atoms with Crippen LogP contribution in [-0.2, 0) is 0 Å². The third kappa shape index (κ3) is 5.11. The van der Waals surface area contributed by atoms with Gasteiger partial charge in [-0.3, -0.25) is 5.43 Å². The Bertz CT molecular complexity index is 157. The highest BCUT2D eigenvalue weighted by Crippen LogP contribution is 1.97. The van der Waals surface area contributed by atoms with Crippen LogP contribution in [0.3, 0.4) is 0 Å². The summed E-state index contributed by atoms with van der Waals surface area (Å²) in [5.74, 6) is 0. The molecule has 64 valence electrons. The van der Waals surface area contributed by atoms with Crippen molar-refractivity contribution >= 4 is 28.3 Å². The van der Waals surface area contributed by atoms with Crippen LogP contribution in [0.2, 0.25) is 0 Å². The molecule has 0 aromatic heterocycles. The molecule has 5 heteroatoms. The second kappa shape index (κ2) is 6.51. The molecule has 0 unspecified atom stereocenters. The number of rotatable bonds is 4. The van der Waals surface area contributed by atoms with E-state index in [4.69, 9.17) is 0 Å². The van der Waals surface area contributed by atoms with Crippen molar-refractivity contribution in [3.05, 3.63) is 12.2 Å². The number of nitrogens with one attached hydrogen (secondary N) is 1. The maximum atomic E-state index is 12.0. The van der Waals surface area contributed by atoms with Crippen LogP contribution in [-0.4, -0.2) is 16.7 Å². The Balaban J connectivity index is 4.08.